The minimum atomic E-state index is -0.402. The summed E-state index contributed by atoms with van der Waals surface area (Å²) in [7, 11) is 4.84. The maximum atomic E-state index is 13.7. The third-order valence-electron chi connectivity index (χ3n) is 7.27. The van der Waals surface area contributed by atoms with Gasteiger partial charge in [-0.1, -0.05) is 18.1 Å². The van der Waals surface area contributed by atoms with Crippen molar-refractivity contribution >= 4 is 28.6 Å². The number of piperidine rings is 1. The zero-order valence-corrected chi connectivity index (χ0v) is 24.1. The largest absolute Gasteiger partial charge is 0.384 e. The van der Waals surface area contributed by atoms with Crippen LogP contribution in [0, 0.1) is 11.8 Å². The Labute approximate surface area is 244 Å². The van der Waals surface area contributed by atoms with Gasteiger partial charge < -0.3 is 20.3 Å². The van der Waals surface area contributed by atoms with E-state index in [0.717, 1.165) is 42.9 Å². The van der Waals surface area contributed by atoms with Gasteiger partial charge in [0.2, 0.25) is 5.95 Å². The first-order valence-electron chi connectivity index (χ1n) is 13.9. The normalized spacial score (nSPS) is 13.4. The molecule has 3 aromatic heterocycles. The lowest BCUT2D eigenvalue weighted by molar-refractivity contribution is -0.122. The molecule has 42 heavy (non-hydrogen) atoms. The van der Waals surface area contributed by atoms with E-state index < -0.39 is 5.91 Å². The number of methoxy groups -OCH3 is 1. The number of amides is 1. The summed E-state index contributed by atoms with van der Waals surface area (Å²) in [5.41, 5.74) is 3.93. The third-order valence-corrected chi connectivity index (χ3v) is 7.27. The first kappa shape index (κ1) is 28.9. The molecule has 1 amide bonds. The number of ether oxygens (including phenoxy) is 1. The van der Waals surface area contributed by atoms with Crippen LogP contribution in [0.3, 0.4) is 0 Å². The van der Waals surface area contributed by atoms with Crippen LogP contribution in [0.2, 0.25) is 0 Å². The molecule has 216 valence electrons. The fraction of sp³-hybridized carbons (Fsp3) is 0.355. The number of fused-ring (bicyclic) bond motifs is 1. The Morgan fingerprint density at radius 2 is 1.95 bits per heavy atom. The van der Waals surface area contributed by atoms with Gasteiger partial charge in [0.1, 0.15) is 12.0 Å². The van der Waals surface area contributed by atoms with Crippen LogP contribution in [-0.2, 0) is 22.5 Å². The lowest BCUT2D eigenvalue weighted by atomic mass is 9.90. The molecule has 4 aromatic rings. The van der Waals surface area contributed by atoms with Crippen LogP contribution < -0.4 is 16.2 Å². The molecule has 1 aliphatic rings. The van der Waals surface area contributed by atoms with Crippen molar-refractivity contribution < 1.29 is 9.53 Å². The summed E-state index contributed by atoms with van der Waals surface area (Å²) in [4.78, 5) is 45.0. The second kappa shape index (κ2) is 13.3. The van der Waals surface area contributed by atoms with Gasteiger partial charge in [-0.05, 0) is 55.6 Å². The number of benzene rings is 1. The summed E-state index contributed by atoms with van der Waals surface area (Å²) in [5, 5.41) is 7.29. The molecule has 0 radical (unpaired) electrons. The predicted octanol–water partition coefficient (Wildman–Crippen LogP) is 2.47. The van der Waals surface area contributed by atoms with Crippen molar-refractivity contribution in [1.29, 1.82) is 0 Å². The molecular weight excluding hydrogens is 532 g/mol. The molecule has 0 aliphatic carbocycles. The van der Waals surface area contributed by atoms with Crippen molar-refractivity contribution in [3.63, 3.8) is 0 Å². The van der Waals surface area contributed by atoms with E-state index in [1.54, 1.807) is 39.7 Å². The van der Waals surface area contributed by atoms with Crippen LogP contribution in [0.1, 0.15) is 41.1 Å². The average Bonchev–Trinajstić information content (AvgIpc) is 3.01. The topological polar surface area (TPSA) is 127 Å². The van der Waals surface area contributed by atoms with E-state index in [1.165, 1.54) is 21.4 Å². The van der Waals surface area contributed by atoms with Crippen molar-refractivity contribution in [2.75, 3.05) is 46.2 Å². The van der Waals surface area contributed by atoms with Gasteiger partial charge in [-0.2, -0.15) is 4.98 Å². The number of hydrogen-bond acceptors (Lipinski definition) is 9. The lowest BCUT2D eigenvalue weighted by Gasteiger charge is -2.23. The van der Waals surface area contributed by atoms with Gasteiger partial charge in [0, 0.05) is 62.6 Å². The second-order valence-electron chi connectivity index (χ2n) is 10.4. The average molecular weight is 567 g/mol. The van der Waals surface area contributed by atoms with Crippen molar-refractivity contribution in [3.05, 3.63) is 81.8 Å². The fourth-order valence-electron chi connectivity index (χ4n) is 4.92. The summed E-state index contributed by atoms with van der Waals surface area (Å²) >= 11 is 0. The molecule has 1 fully saturated rings. The molecular formula is C31H34N8O3. The van der Waals surface area contributed by atoms with E-state index in [-0.39, 0.29) is 17.7 Å². The van der Waals surface area contributed by atoms with Crippen molar-refractivity contribution in [1.82, 2.24) is 34.7 Å². The second-order valence-corrected chi connectivity index (χ2v) is 10.4. The quantitative estimate of drug-likeness (QED) is 0.309. The van der Waals surface area contributed by atoms with Gasteiger partial charge >= 0.3 is 0 Å². The minimum absolute atomic E-state index is 0.160. The Bertz CT molecular complexity index is 1680. The van der Waals surface area contributed by atoms with Gasteiger partial charge in [0.15, 0.2) is 0 Å². The highest BCUT2D eigenvalue weighted by Crippen LogP contribution is 2.27. The number of rotatable bonds is 8. The van der Waals surface area contributed by atoms with Crippen LogP contribution in [-0.4, -0.2) is 76.2 Å². The number of carbonyl (C=O) groups excluding carboxylic acids is 1. The number of nitrogens with one attached hydrogen (secondary N) is 2. The number of carbonyl (C=O) groups is 1. The van der Waals surface area contributed by atoms with E-state index in [0.29, 0.717) is 35.9 Å². The molecule has 0 spiro atoms. The SMILES string of the molecule is COCCc1ncncc1Cn1c(=O)c(C#CC(=O)N(C)C)cc2cnc(Nc3ccc(C4CCNCC4)cc3)nc21. The minimum Gasteiger partial charge on any atom is -0.384 e. The van der Waals surface area contributed by atoms with E-state index in [4.69, 9.17) is 9.72 Å². The zero-order valence-electron chi connectivity index (χ0n) is 24.1. The Balaban J connectivity index is 1.52. The monoisotopic (exact) mass is 566 g/mol. The Morgan fingerprint density at radius 3 is 2.69 bits per heavy atom. The number of hydrogen-bond donors (Lipinski definition) is 2. The zero-order chi connectivity index (χ0) is 29.5. The maximum absolute atomic E-state index is 13.7. The molecule has 5 rings (SSSR count). The molecule has 2 N–H and O–H groups in total. The summed E-state index contributed by atoms with van der Waals surface area (Å²) in [6.45, 7) is 2.72. The van der Waals surface area contributed by atoms with Crippen LogP contribution >= 0.6 is 0 Å². The fourth-order valence-corrected chi connectivity index (χ4v) is 4.92. The van der Waals surface area contributed by atoms with Gasteiger partial charge in [0.25, 0.3) is 11.5 Å². The highest BCUT2D eigenvalue weighted by Gasteiger charge is 2.16. The van der Waals surface area contributed by atoms with E-state index in [1.807, 2.05) is 12.1 Å². The smallest absolute Gasteiger partial charge is 0.298 e. The first-order chi connectivity index (χ1) is 20.4. The van der Waals surface area contributed by atoms with Crippen LogP contribution in [0.15, 0.2) is 53.8 Å². The van der Waals surface area contributed by atoms with E-state index in [2.05, 4.69) is 49.6 Å². The summed E-state index contributed by atoms with van der Waals surface area (Å²) in [5.74, 6) is 5.80. The van der Waals surface area contributed by atoms with Crippen molar-refractivity contribution in [2.45, 2.75) is 31.7 Å². The molecule has 1 aromatic carbocycles. The van der Waals surface area contributed by atoms with Crippen LogP contribution in [0.4, 0.5) is 11.6 Å². The van der Waals surface area contributed by atoms with Crippen molar-refractivity contribution in [2.24, 2.45) is 0 Å². The lowest BCUT2D eigenvalue weighted by Crippen LogP contribution is -2.26. The van der Waals surface area contributed by atoms with E-state index in [9.17, 15) is 9.59 Å². The maximum Gasteiger partial charge on any atom is 0.298 e. The number of anilines is 2. The molecule has 0 atom stereocenters. The van der Waals surface area contributed by atoms with Gasteiger partial charge in [-0.25, -0.2) is 15.0 Å². The van der Waals surface area contributed by atoms with Gasteiger partial charge in [0.05, 0.1) is 24.4 Å². The molecule has 0 bridgehead atoms. The summed E-state index contributed by atoms with van der Waals surface area (Å²) in [6, 6.07) is 9.97. The molecule has 1 saturated heterocycles. The standard InChI is InChI=1S/C31H34N8O3/c1-38(2)28(40)9-6-23-16-24-18-34-31(36-26-7-4-21(5-8-26)22-10-13-32-14-11-22)37-29(24)39(30(23)41)19-25-17-33-20-35-27(25)12-15-42-3/h4-5,7-8,16-18,20,22,32H,10-15,19H2,1-3H3,(H,34,36,37). The predicted molar refractivity (Wildman–Crippen MR) is 161 cm³/mol. The molecule has 0 unspecified atom stereocenters. The van der Waals surface area contributed by atoms with Gasteiger partial charge in [-0.3, -0.25) is 14.2 Å². The van der Waals surface area contributed by atoms with Crippen molar-refractivity contribution in [3.8, 4) is 11.8 Å². The number of aromatic nitrogens is 5. The molecule has 0 saturated carbocycles. The highest BCUT2D eigenvalue weighted by atomic mass is 16.5. The molecule has 1 aliphatic heterocycles. The Kier molecular flexibility index (Phi) is 9.16. The molecule has 11 heteroatoms. The third kappa shape index (κ3) is 6.79. The summed E-state index contributed by atoms with van der Waals surface area (Å²) < 4.78 is 6.77. The highest BCUT2D eigenvalue weighted by molar-refractivity contribution is 5.94. The number of pyridine rings is 1. The summed E-state index contributed by atoms with van der Waals surface area (Å²) in [6.07, 6.45) is 7.64. The van der Waals surface area contributed by atoms with E-state index >= 15 is 0 Å². The van der Waals surface area contributed by atoms with Crippen LogP contribution in [0.5, 0.6) is 0 Å². The van der Waals surface area contributed by atoms with Gasteiger partial charge in [-0.15, -0.1) is 0 Å². The van der Waals surface area contributed by atoms with Crippen LogP contribution in [0.25, 0.3) is 11.0 Å². The molecule has 11 nitrogen and oxygen atoms in total. The first-order valence-corrected chi connectivity index (χ1v) is 13.9. The Hall–Kier alpha value is -4.66. The number of nitrogens with zero attached hydrogens (tertiary/aromatic N) is 6. The Morgan fingerprint density at radius 1 is 1.17 bits per heavy atom. The molecule has 4 heterocycles.